The Morgan fingerprint density at radius 2 is 1.95 bits per heavy atom. The van der Waals surface area contributed by atoms with Gasteiger partial charge in [-0.3, -0.25) is 5.32 Å². The van der Waals surface area contributed by atoms with Gasteiger partial charge in [-0.2, -0.15) is 13.2 Å². The average Bonchev–Trinajstić information content (AvgIpc) is 2.39. The van der Waals surface area contributed by atoms with Crippen molar-refractivity contribution in [3.05, 3.63) is 35.4 Å². The summed E-state index contributed by atoms with van der Waals surface area (Å²) in [6.45, 7) is -1.09. The molecule has 112 valence electrons. The molecule has 0 fully saturated rings. The van der Waals surface area contributed by atoms with Crippen LogP contribution in [0.3, 0.4) is 0 Å². The smallest absolute Gasteiger partial charge is 0.401 e. The lowest BCUT2D eigenvalue weighted by molar-refractivity contribution is -0.146. The molecule has 0 aliphatic heterocycles. The van der Waals surface area contributed by atoms with E-state index in [9.17, 15) is 18.0 Å². The molecule has 0 bridgehead atoms. The monoisotopic (exact) mass is 291 g/mol. The van der Waals surface area contributed by atoms with Crippen LogP contribution in [0.5, 0.6) is 0 Å². The van der Waals surface area contributed by atoms with Crippen LogP contribution in [0, 0.1) is 0 Å². The molecule has 7 heteroatoms. The summed E-state index contributed by atoms with van der Waals surface area (Å²) in [7, 11) is 2.59. The lowest BCUT2D eigenvalue weighted by Gasteiger charge is -2.20. The summed E-state index contributed by atoms with van der Waals surface area (Å²) in [6, 6.07) is 5.42. The van der Waals surface area contributed by atoms with Crippen LogP contribution in [0.2, 0.25) is 0 Å². The Balaban J connectivity index is 3.01. The minimum Gasteiger partial charge on any atom is -0.468 e. The lowest BCUT2D eigenvalue weighted by Crippen LogP contribution is -2.37. The molecule has 0 radical (unpaired) electrons. The first-order valence-corrected chi connectivity index (χ1v) is 5.83. The molecule has 20 heavy (non-hydrogen) atoms. The number of rotatable bonds is 6. The van der Waals surface area contributed by atoms with E-state index >= 15 is 0 Å². The van der Waals surface area contributed by atoms with E-state index in [2.05, 4.69) is 10.1 Å². The second-order valence-corrected chi connectivity index (χ2v) is 4.08. The highest BCUT2D eigenvalue weighted by molar-refractivity contribution is 5.78. The molecule has 0 aromatic heterocycles. The van der Waals surface area contributed by atoms with Crippen LogP contribution in [0.1, 0.15) is 17.2 Å². The van der Waals surface area contributed by atoms with Crippen molar-refractivity contribution < 1.29 is 27.4 Å². The zero-order chi connectivity index (χ0) is 15.2. The van der Waals surface area contributed by atoms with Crippen LogP contribution >= 0.6 is 0 Å². The summed E-state index contributed by atoms with van der Waals surface area (Å²) < 4.78 is 46.5. The van der Waals surface area contributed by atoms with Gasteiger partial charge in [-0.25, -0.2) is 4.79 Å². The van der Waals surface area contributed by atoms with Gasteiger partial charge in [0.15, 0.2) is 0 Å². The van der Waals surface area contributed by atoms with Gasteiger partial charge in [-0.15, -0.1) is 0 Å². The second-order valence-electron chi connectivity index (χ2n) is 4.08. The molecule has 4 nitrogen and oxygen atoms in total. The summed E-state index contributed by atoms with van der Waals surface area (Å²) in [5.41, 5.74) is 1.03. The molecular formula is C13H16F3NO3. The van der Waals surface area contributed by atoms with Gasteiger partial charge >= 0.3 is 12.1 Å². The summed E-state index contributed by atoms with van der Waals surface area (Å²) in [4.78, 5) is 11.7. The Hall–Kier alpha value is -1.60. The van der Waals surface area contributed by atoms with Gasteiger partial charge in [0.05, 0.1) is 20.3 Å². The molecule has 1 atom stereocenters. The van der Waals surface area contributed by atoms with Crippen LogP contribution in [0.15, 0.2) is 24.3 Å². The molecule has 0 aliphatic carbocycles. The molecule has 1 N–H and O–H groups in total. The fraction of sp³-hybridized carbons (Fsp3) is 0.462. The van der Waals surface area contributed by atoms with Crippen molar-refractivity contribution in [3.63, 3.8) is 0 Å². The van der Waals surface area contributed by atoms with Crippen LogP contribution < -0.4 is 5.32 Å². The predicted octanol–water partition coefficient (Wildman–Crippen LogP) is 2.20. The minimum absolute atomic E-state index is 0.192. The fourth-order valence-corrected chi connectivity index (χ4v) is 1.76. The van der Waals surface area contributed by atoms with E-state index in [1.165, 1.54) is 7.11 Å². The summed E-state index contributed by atoms with van der Waals surface area (Å²) >= 11 is 0. The quantitative estimate of drug-likeness (QED) is 0.816. The number of alkyl halides is 3. The molecule has 1 unspecified atom stereocenters. The summed E-state index contributed by atoms with van der Waals surface area (Å²) in [5, 5.41) is 2.17. The van der Waals surface area contributed by atoms with Crippen molar-refractivity contribution in [1.82, 2.24) is 5.32 Å². The Morgan fingerprint density at radius 1 is 1.30 bits per heavy atom. The van der Waals surface area contributed by atoms with Crippen LogP contribution in [0.4, 0.5) is 13.2 Å². The van der Waals surface area contributed by atoms with Gasteiger partial charge in [0.25, 0.3) is 0 Å². The third kappa shape index (κ3) is 4.82. The van der Waals surface area contributed by atoms with E-state index in [1.54, 1.807) is 24.3 Å². The SMILES string of the molecule is COCc1ccccc1C(NCC(F)(F)F)C(=O)OC. The second kappa shape index (κ2) is 7.25. The van der Waals surface area contributed by atoms with Crippen LogP contribution in [-0.2, 0) is 20.9 Å². The number of hydrogen-bond acceptors (Lipinski definition) is 4. The topological polar surface area (TPSA) is 47.6 Å². The molecule has 1 aromatic rings. The van der Waals surface area contributed by atoms with E-state index in [4.69, 9.17) is 4.74 Å². The van der Waals surface area contributed by atoms with E-state index in [0.29, 0.717) is 11.1 Å². The first-order chi connectivity index (χ1) is 9.39. The number of esters is 1. The zero-order valence-corrected chi connectivity index (χ0v) is 11.2. The van der Waals surface area contributed by atoms with Crippen molar-refractivity contribution in [2.24, 2.45) is 0 Å². The first kappa shape index (κ1) is 16.5. The van der Waals surface area contributed by atoms with Gasteiger partial charge in [0.2, 0.25) is 0 Å². The number of nitrogens with one attached hydrogen (secondary N) is 1. The van der Waals surface area contributed by atoms with E-state index in [1.807, 2.05) is 0 Å². The summed E-state index contributed by atoms with van der Waals surface area (Å²) in [6.07, 6.45) is -4.41. The molecule has 1 rings (SSSR count). The predicted molar refractivity (Wildman–Crippen MR) is 66.0 cm³/mol. The van der Waals surface area contributed by atoms with Crippen molar-refractivity contribution >= 4 is 5.97 Å². The highest BCUT2D eigenvalue weighted by atomic mass is 19.4. The zero-order valence-electron chi connectivity index (χ0n) is 11.2. The molecular weight excluding hydrogens is 275 g/mol. The van der Waals surface area contributed by atoms with Crippen molar-refractivity contribution in [2.45, 2.75) is 18.8 Å². The summed E-state index contributed by atoms with van der Waals surface area (Å²) in [5.74, 6) is -0.780. The molecule has 0 saturated heterocycles. The molecule has 0 saturated carbocycles. The Kier molecular flexibility index (Phi) is 5.97. The number of methoxy groups -OCH3 is 2. The van der Waals surface area contributed by atoms with Crippen molar-refractivity contribution in [3.8, 4) is 0 Å². The maximum absolute atomic E-state index is 12.3. The van der Waals surface area contributed by atoms with Gasteiger partial charge in [0.1, 0.15) is 6.04 Å². The number of ether oxygens (including phenoxy) is 2. The first-order valence-electron chi connectivity index (χ1n) is 5.83. The average molecular weight is 291 g/mol. The Bertz CT molecular complexity index is 449. The van der Waals surface area contributed by atoms with Crippen molar-refractivity contribution in [1.29, 1.82) is 0 Å². The molecule has 0 spiro atoms. The number of benzene rings is 1. The number of carbonyl (C=O) groups is 1. The number of hydrogen-bond donors (Lipinski definition) is 1. The maximum atomic E-state index is 12.3. The van der Waals surface area contributed by atoms with Gasteiger partial charge < -0.3 is 9.47 Å². The highest BCUT2D eigenvalue weighted by Crippen LogP contribution is 2.22. The highest BCUT2D eigenvalue weighted by Gasteiger charge is 2.31. The van der Waals surface area contributed by atoms with Crippen LogP contribution in [-0.4, -0.2) is 32.9 Å². The van der Waals surface area contributed by atoms with E-state index in [0.717, 1.165) is 7.11 Å². The number of halogens is 3. The normalized spacial score (nSPS) is 13.1. The standard InChI is InChI=1S/C13H16F3NO3/c1-19-7-9-5-3-4-6-10(9)11(12(18)20-2)17-8-13(14,15)16/h3-6,11,17H,7-8H2,1-2H3. The third-order valence-corrected chi connectivity index (χ3v) is 2.61. The molecule has 1 aromatic carbocycles. The largest absolute Gasteiger partial charge is 0.468 e. The third-order valence-electron chi connectivity index (χ3n) is 2.61. The Labute approximate surface area is 114 Å². The van der Waals surface area contributed by atoms with E-state index in [-0.39, 0.29) is 6.61 Å². The maximum Gasteiger partial charge on any atom is 0.401 e. The number of carbonyl (C=O) groups excluding carboxylic acids is 1. The molecule has 0 aliphatic rings. The molecule has 0 heterocycles. The van der Waals surface area contributed by atoms with Gasteiger partial charge in [0, 0.05) is 7.11 Å². The molecule has 0 amide bonds. The van der Waals surface area contributed by atoms with Gasteiger partial charge in [-0.05, 0) is 11.1 Å². The lowest BCUT2D eigenvalue weighted by atomic mass is 10.0. The fourth-order valence-electron chi connectivity index (χ4n) is 1.76. The van der Waals surface area contributed by atoms with Crippen LogP contribution in [0.25, 0.3) is 0 Å². The van der Waals surface area contributed by atoms with E-state index < -0.39 is 24.7 Å². The van der Waals surface area contributed by atoms with Crippen molar-refractivity contribution in [2.75, 3.05) is 20.8 Å². The minimum atomic E-state index is -4.41. The Morgan fingerprint density at radius 3 is 2.50 bits per heavy atom. The van der Waals surface area contributed by atoms with Gasteiger partial charge in [-0.1, -0.05) is 24.3 Å².